The van der Waals surface area contributed by atoms with Crippen molar-refractivity contribution < 1.29 is 36.2 Å². The fourth-order valence-electron chi connectivity index (χ4n) is 3.47. The van der Waals surface area contributed by atoms with Crippen LogP contribution in [-0.4, -0.2) is 29.1 Å². The van der Waals surface area contributed by atoms with Gasteiger partial charge in [-0.15, -0.1) is 0 Å². The summed E-state index contributed by atoms with van der Waals surface area (Å²) in [6, 6.07) is 5.55. The van der Waals surface area contributed by atoms with Crippen molar-refractivity contribution in [2.45, 2.75) is 45.9 Å². The second kappa shape index (κ2) is 13.4. The van der Waals surface area contributed by atoms with E-state index in [0.717, 1.165) is 25.0 Å². The molecule has 0 saturated heterocycles. The highest BCUT2D eigenvalue weighted by Gasteiger charge is 2.27. The third-order valence-electron chi connectivity index (χ3n) is 5.51. The van der Waals surface area contributed by atoms with Crippen LogP contribution < -0.4 is 26.3 Å². The van der Waals surface area contributed by atoms with E-state index in [-0.39, 0.29) is 45.9 Å². The number of rotatable bonds is 11. The molecule has 0 bridgehead atoms. The summed E-state index contributed by atoms with van der Waals surface area (Å²) in [5.74, 6) is -2.43. The fourth-order valence-corrected chi connectivity index (χ4v) is 3.65. The maximum Gasteiger partial charge on any atom is 0.387 e. The number of hydrogen-bond acceptors (Lipinski definition) is 7. The average molecular weight is 569 g/mol. The lowest BCUT2D eigenvalue weighted by atomic mass is 10.1. The van der Waals surface area contributed by atoms with E-state index in [1.807, 2.05) is 13.8 Å². The van der Waals surface area contributed by atoms with Gasteiger partial charge >= 0.3 is 6.61 Å². The van der Waals surface area contributed by atoms with Gasteiger partial charge in [0.05, 0.1) is 13.2 Å². The average Bonchev–Trinajstić information content (AvgIpc) is 3.63. The highest BCUT2D eigenvalue weighted by Crippen LogP contribution is 2.36. The van der Waals surface area contributed by atoms with Gasteiger partial charge in [-0.3, -0.25) is 4.79 Å². The Kier molecular flexibility index (Phi) is 10.2. The molecule has 13 heteroatoms. The number of nitrogens with two attached hydrogens (primary N) is 2. The van der Waals surface area contributed by atoms with Crippen LogP contribution in [0.15, 0.2) is 40.8 Å². The van der Waals surface area contributed by atoms with Gasteiger partial charge in [0, 0.05) is 17.2 Å². The van der Waals surface area contributed by atoms with Crippen LogP contribution in [0.4, 0.5) is 17.6 Å². The van der Waals surface area contributed by atoms with Crippen molar-refractivity contribution >= 4 is 23.1 Å². The third kappa shape index (κ3) is 7.67. The number of benzene rings is 2. The topological polar surface area (TPSA) is 126 Å². The molecule has 2 aromatic carbocycles. The molecule has 1 aliphatic rings. The SMILES string of the molecule is CC.NCc1oc(-c2ccc(OC(F)F)c(OCC3CC3)c2)nc1C(=O)NC(C(N)=S)c1ccc(F)cc1F. The minimum absolute atomic E-state index is 0.0119. The van der Waals surface area contributed by atoms with Gasteiger partial charge in [0.1, 0.15) is 22.7 Å². The molecule has 39 heavy (non-hydrogen) atoms. The number of ether oxygens (including phenoxy) is 2. The number of aromatic nitrogens is 1. The largest absolute Gasteiger partial charge is 0.489 e. The van der Waals surface area contributed by atoms with E-state index >= 15 is 0 Å². The van der Waals surface area contributed by atoms with Crippen molar-refractivity contribution in [2.24, 2.45) is 17.4 Å². The molecule has 1 unspecified atom stereocenters. The van der Waals surface area contributed by atoms with E-state index in [1.165, 1.54) is 18.2 Å². The van der Waals surface area contributed by atoms with Gasteiger partial charge in [-0.05, 0) is 43.0 Å². The zero-order valence-corrected chi connectivity index (χ0v) is 22.0. The van der Waals surface area contributed by atoms with Gasteiger partial charge < -0.3 is 30.7 Å². The van der Waals surface area contributed by atoms with Crippen molar-refractivity contribution in [1.29, 1.82) is 0 Å². The Bertz CT molecular complexity index is 1320. The number of oxazole rings is 1. The summed E-state index contributed by atoms with van der Waals surface area (Å²) in [5, 5.41) is 2.46. The number of thiocarbonyl (C=S) groups is 1. The molecule has 210 valence electrons. The smallest absolute Gasteiger partial charge is 0.387 e. The van der Waals surface area contributed by atoms with Crippen LogP contribution in [0.5, 0.6) is 11.5 Å². The molecule has 1 heterocycles. The summed E-state index contributed by atoms with van der Waals surface area (Å²) in [6.45, 7) is 1.05. The quantitative estimate of drug-likeness (QED) is 0.212. The first-order valence-electron chi connectivity index (χ1n) is 12.1. The summed E-state index contributed by atoms with van der Waals surface area (Å²) < 4.78 is 69.1. The van der Waals surface area contributed by atoms with Crippen LogP contribution in [0.25, 0.3) is 11.5 Å². The number of carbonyl (C=O) groups is 1. The van der Waals surface area contributed by atoms with Crippen LogP contribution in [0.2, 0.25) is 0 Å². The number of nitrogens with zero attached hydrogens (tertiary/aromatic N) is 1. The second-order valence-electron chi connectivity index (χ2n) is 8.26. The van der Waals surface area contributed by atoms with Crippen molar-refractivity contribution in [3.8, 4) is 23.0 Å². The molecule has 1 atom stereocenters. The first kappa shape index (κ1) is 29.8. The Hall–Kier alpha value is -3.71. The molecule has 1 aliphatic carbocycles. The van der Waals surface area contributed by atoms with Gasteiger partial charge in [-0.2, -0.15) is 8.78 Å². The molecule has 1 aromatic heterocycles. The lowest BCUT2D eigenvalue weighted by Gasteiger charge is -2.18. The molecule has 1 amide bonds. The molecule has 3 aromatic rings. The molecule has 8 nitrogen and oxygen atoms in total. The van der Waals surface area contributed by atoms with E-state index in [1.54, 1.807) is 0 Å². The molecule has 4 rings (SSSR count). The van der Waals surface area contributed by atoms with Crippen molar-refractivity contribution in [1.82, 2.24) is 10.3 Å². The molecular weight excluding hydrogens is 540 g/mol. The van der Waals surface area contributed by atoms with E-state index in [2.05, 4.69) is 15.0 Å². The number of hydrogen-bond donors (Lipinski definition) is 3. The number of halogens is 4. The van der Waals surface area contributed by atoms with Crippen molar-refractivity contribution in [2.75, 3.05) is 6.61 Å². The van der Waals surface area contributed by atoms with Gasteiger partial charge in [0.25, 0.3) is 5.91 Å². The monoisotopic (exact) mass is 568 g/mol. The number of carbonyl (C=O) groups excluding carboxylic acids is 1. The normalized spacial score (nSPS) is 13.3. The van der Waals surface area contributed by atoms with Crippen molar-refractivity contribution in [3.05, 3.63) is 65.1 Å². The molecule has 1 fully saturated rings. The zero-order valence-electron chi connectivity index (χ0n) is 21.2. The van der Waals surface area contributed by atoms with E-state index in [4.69, 9.17) is 32.8 Å². The molecule has 0 spiro atoms. The molecule has 1 saturated carbocycles. The summed E-state index contributed by atoms with van der Waals surface area (Å²) >= 11 is 4.96. The van der Waals surface area contributed by atoms with Crippen molar-refractivity contribution in [3.63, 3.8) is 0 Å². The maximum absolute atomic E-state index is 14.3. The Labute approximate surface area is 227 Å². The summed E-state index contributed by atoms with van der Waals surface area (Å²) in [7, 11) is 0. The van der Waals surface area contributed by atoms with Crippen LogP contribution in [0, 0.1) is 17.6 Å². The molecule has 5 N–H and O–H groups in total. The van der Waals surface area contributed by atoms with Crippen LogP contribution in [-0.2, 0) is 6.54 Å². The zero-order chi connectivity index (χ0) is 28.7. The summed E-state index contributed by atoms with van der Waals surface area (Å²) in [5.41, 5.74) is 11.4. The minimum Gasteiger partial charge on any atom is -0.489 e. The molecule has 0 radical (unpaired) electrons. The molecular formula is C26H28F4N4O4S. The van der Waals surface area contributed by atoms with Crippen LogP contribution in [0.1, 0.15) is 54.5 Å². The van der Waals surface area contributed by atoms with Gasteiger partial charge in [0.15, 0.2) is 23.0 Å². The minimum atomic E-state index is -3.05. The van der Waals surface area contributed by atoms with Crippen LogP contribution in [0.3, 0.4) is 0 Å². The van der Waals surface area contributed by atoms with Gasteiger partial charge in [-0.1, -0.05) is 32.1 Å². The number of alkyl halides is 2. The van der Waals surface area contributed by atoms with E-state index < -0.39 is 30.2 Å². The van der Waals surface area contributed by atoms with E-state index in [0.29, 0.717) is 24.2 Å². The van der Waals surface area contributed by atoms with Gasteiger partial charge in [-0.25, -0.2) is 13.8 Å². The highest BCUT2D eigenvalue weighted by molar-refractivity contribution is 7.80. The fraction of sp³-hybridized carbons (Fsp3) is 0.346. The van der Waals surface area contributed by atoms with Gasteiger partial charge in [0.2, 0.25) is 5.89 Å². The predicted octanol–water partition coefficient (Wildman–Crippen LogP) is 5.25. The first-order chi connectivity index (χ1) is 18.7. The third-order valence-corrected chi connectivity index (χ3v) is 5.75. The standard InChI is InChI=1S/C24H22F4N4O4S.C2H6/c25-13-4-5-14(15(26)8-13)19(21(30)37)31-22(33)20-18(9-29)35-23(32-20)12-3-6-16(36-24(27)28)17(7-12)34-10-11-1-2-11;1-2/h3-8,11,19,24H,1-2,9-10,29H2,(H2,30,37)(H,31,33);1-2H3. The molecule has 0 aliphatic heterocycles. The van der Waals surface area contributed by atoms with Crippen LogP contribution >= 0.6 is 12.2 Å². The Morgan fingerprint density at radius 1 is 1.18 bits per heavy atom. The predicted molar refractivity (Wildman–Crippen MR) is 139 cm³/mol. The van der Waals surface area contributed by atoms with E-state index in [9.17, 15) is 22.4 Å². The first-order valence-corrected chi connectivity index (χ1v) is 12.5. The Balaban J connectivity index is 0.00000205. The summed E-state index contributed by atoms with van der Waals surface area (Å²) in [6.07, 6.45) is 1.97. The maximum atomic E-state index is 14.3. The second-order valence-corrected chi connectivity index (χ2v) is 8.74. The lowest BCUT2D eigenvalue weighted by molar-refractivity contribution is -0.0515. The Morgan fingerprint density at radius 3 is 2.49 bits per heavy atom. The number of nitrogens with one attached hydrogen (secondary N) is 1. The lowest BCUT2D eigenvalue weighted by Crippen LogP contribution is -2.37. The summed E-state index contributed by atoms with van der Waals surface area (Å²) in [4.78, 5) is 17.0. The Morgan fingerprint density at radius 2 is 1.90 bits per heavy atom. The highest BCUT2D eigenvalue weighted by atomic mass is 32.1. The number of amides is 1.